The molecule has 0 heterocycles. The highest BCUT2D eigenvalue weighted by atomic mass is 16.3. The van der Waals surface area contributed by atoms with E-state index in [9.17, 15) is 25.2 Å². The summed E-state index contributed by atoms with van der Waals surface area (Å²) in [6, 6.07) is 16.2. The standard InChI is InChI=1S/C28H43NO2.C20H35NO2.C8H8O/c1-19-7-5-6-8-21(19)16-29-17-24-25-10-9-20(2)27(25,3)14-12-26(24)28(4)13-11-23(31)15-22(28)18-30;1-13-4-5-17-16(11-21)18(7-9-19(13,17)2)20(3)8-6-15(23)10-14(20)12-22;1-7-4-2-3-5-8(7)6-9/h5-8,22-26,29-31H,2,9-18H2,1,3-4H3;14-18,22-23H,1,4-12,21H2,2-3H3;2-6H,1H3/t22-,23+,24+,25+,26+,27-,28+;14-,15+,16+,17+,18+,19-,20+;/m11./s1. The van der Waals surface area contributed by atoms with E-state index in [0.29, 0.717) is 35.5 Å². The minimum absolute atomic E-state index is 0.105. The average molecular weight is 867 g/mol. The fourth-order valence-corrected chi connectivity index (χ4v) is 14.9. The van der Waals surface area contributed by atoms with Crippen LogP contribution in [0.4, 0.5) is 0 Å². The monoisotopic (exact) mass is 867 g/mol. The molecule has 0 saturated heterocycles. The summed E-state index contributed by atoms with van der Waals surface area (Å²) in [5.41, 5.74) is 14.5. The van der Waals surface area contributed by atoms with Crippen molar-refractivity contribution in [3.63, 3.8) is 0 Å². The fourth-order valence-electron chi connectivity index (χ4n) is 14.9. The van der Waals surface area contributed by atoms with E-state index in [4.69, 9.17) is 5.73 Å². The first-order chi connectivity index (χ1) is 30.0. The van der Waals surface area contributed by atoms with Gasteiger partial charge in [-0.05, 0) is 203 Å². The van der Waals surface area contributed by atoms with Crippen molar-refractivity contribution in [1.29, 1.82) is 0 Å². The molecule has 0 unspecified atom stereocenters. The average Bonchev–Trinajstić information content (AvgIpc) is 3.76. The van der Waals surface area contributed by atoms with Gasteiger partial charge in [0.05, 0.1) is 12.2 Å². The van der Waals surface area contributed by atoms with Crippen LogP contribution >= 0.6 is 0 Å². The molecule has 7 heteroatoms. The van der Waals surface area contributed by atoms with Crippen LogP contribution in [0.2, 0.25) is 0 Å². The summed E-state index contributed by atoms with van der Waals surface area (Å²) in [6.07, 6.45) is 15.3. The second kappa shape index (κ2) is 20.9. The summed E-state index contributed by atoms with van der Waals surface area (Å²) < 4.78 is 0. The van der Waals surface area contributed by atoms with Gasteiger partial charge in [-0.1, -0.05) is 101 Å². The zero-order chi connectivity index (χ0) is 45.7. The van der Waals surface area contributed by atoms with Crippen LogP contribution in [-0.4, -0.2) is 65.2 Å². The number of allylic oxidation sites excluding steroid dienone is 2. The number of aliphatic hydroxyl groups is 4. The molecule has 63 heavy (non-hydrogen) atoms. The van der Waals surface area contributed by atoms with Crippen LogP contribution < -0.4 is 11.1 Å². The number of nitrogens with one attached hydrogen (secondary N) is 1. The number of hydrogen-bond acceptors (Lipinski definition) is 7. The van der Waals surface area contributed by atoms with Crippen molar-refractivity contribution < 1.29 is 25.2 Å². The molecule has 0 bridgehead atoms. The number of nitrogens with two attached hydrogens (primary N) is 1. The van der Waals surface area contributed by atoms with Crippen molar-refractivity contribution in [2.24, 2.45) is 74.7 Å². The molecule has 14 atom stereocenters. The minimum atomic E-state index is -0.247. The predicted octanol–water partition coefficient (Wildman–Crippen LogP) is 10.2. The molecular formula is C56H86N2O5. The van der Waals surface area contributed by atoms with Gasteiger partial charge >= 0.3 is 0 Å². The molecule has 2 aromatic rings. The normalized spacial score (nSPS) is 39.9. The summed E-state index contributed by atoms with van der Waals surface area (Å²) in [5, 5.41) is 44.4. The maximum Gasteiger partial charge on any atom is 0.150 e. The van der Waals surface area contributed by atoms with Crippen molar-refractivity contribution >= 4 is 6.29 Å². The van der Waals surface area contributed by atoms with E-state index in [1.807, 2.05) is 31.2 Å². The first-order valence-electron chi connectivity index (χ1n) is 24.9. The molecule has 0 aliphatic heterocycles. The van der Waals surface area contributed by atoms with Crippen LogP contribution in [0.5, 0.6) is 0 Å². The number of aryl methyl sites for hydroxylation is 2. The molecule has 350 valence electrons. The number of benzene rings is 2. The molecule has 0 spiro atoms. The van der Waals surface area contributed by atoms with Crippen molar-refractivity contribution in [2.45, 2.75) is 150 Å². The second-order valence-electron chi connectivity index (χ2n) is 22.3. The van der Waals surface area contributed by atoms with Crippen molar-refractivity contribution in [2.75, 3.05) is 26.3 Å². The van der Waals surface area contributed by atoms with Gasteiger partial charge in [0, 0.05) is 25.3 Å². The van der Waals surface area contributed by atoms with Gasteiger partial charge in [0.25, 0.3) is 0 Å². The van der Waals surface area contributed by atoms with Crippen LogP contribution in [0.15, 0.2) is 72.8 Å². The van der Waals surface area contributed by atoms with E-state index in [1.54, 1.807) is 0 Å². The third-order valence-corrected chi connectivity index (χ3v) is 19.5. The lowest BCUT2D eigenvalue weighted by Crippen LogP contribution is -2.53. The van der Waals surface area contributed by atoms with Crippen LogP contribution in [0, 0.1) is 82.9 Å². The number of hydrogen-bond donors (Lipinski definition) is 6. The van der Waals surface area contributed by atoms with Crippen LogP contribution in [0.25, 0.3) is 0 Å². The van der Waals surface area contributed by atoms with Crippen LogP contribution in [0.1, 0.15) is 145 Å². The van der Waals surface area contributed by atoms with Gasteiger partial charge in [-0.3, -0.25) is 4.79 Å². The van der Waals surface area contributed by atoms with E-state index in [1.165, 1.54) is 67.2 Å². The van der Waals surface area contributed by atoms with Gasteiger partial charge in [-0.15, -0.1) is 0 Å². The summed E-state index contributed by atoms with van der Waals surface area (Å²) >= 11 is 0. The van der Waals surface area contributed by atoms with Gasteiger partial charge in [0.2, 0.25) is 0 Å². The van der Waals surface area contributed by atoms with E-state index in [-0.39, 0.29) is 58.9 Å². The summed E-state index contributed by atoms with van der Waals surface area (Å²) in [5.74, 6) is 4.02. The Morgan fingerprint density at radius 2 is 1.14 bits per heavy atom. The van der Waals surface area contributed by atoms with E-state index in [0.717, 1.165) is 82.0 Å². The van der Waals surface area contributed by atoms with Crippen molar-refractivity contribution in [3.05, 3.63) is 95.1 Å². The van der Waals surface area contributed by atoms with E-state index in [2.05, 4.69) is 77.4 Å². The minimum Gasteiger partial charge on any atom is -0.396 e. The molecule has 6 aliphatic carbocycles. The molecule has 6 saturated carbocycles. The molecule has 0 aromatic heterocycles. The van der Waals surface area contributed by atoms with Crippen molar-refractivity contribution in [3.8, 4) is 0 Å². The fraction of sp³-hybridized carbons (Fsp3) is 0.696. The lowest BCUT2D eigenvalue weighted by Gasteiger charge is -2.56. The molecule has 0 amide bonds. The number of aliphatic hydroxyl groups excluding tert-OH is 4. The molecule has 7 N–H and O–H groups in total. The first kappa shape index (κ1) is 49.8. The molecule has 6 fully saturated rings. The topological polar surface area (TPSA) is 136 Å². The highest BCUT2D eigenvalue weighted by Crippen LogP contribution is 2.65. The smallest absolute Gasteiger partial charge is 0.150 e. The Bertz CT molecular complexity index is 1860. The zero-order valence-electron chi connectivity index (χ0n) is 40.1. The van der Waals surface area contributed by atoms with Crippen molar-refractivity contribution in [1.82, 2.24) is 5.32 Å². The summed E-state index contributed by atoms with van der Waals surface area (Å²) in [7, 11) is 0. The number of rotatable bonds is 10. The highest BCUT2D eigenvalue weighted by molar-refractivity contribution is 5.76. The molecule has 6 aliphatic rings. The van der Waals surface area contributed by atoms with Gasteiger partial charge in [0.15, 0.2) is 0 Å². The Balaban J connectivity index is 0.000000180. The van der Waals surface area contributed by atoms with E-state index >= 15 is 0 Å². The quantitative estimate of drug-likeness (QED) is 0.103. The first-order valence-corrected chi connectivity index (χ1v) is 24.9. The Hall–Kier alpha value is -2.65. The molecule has 7 nitrogen and oxygen atoms in total. The maximum absolute atomic E-state index is 10.3. The number of aldehydes is 1. The Morgan fingerprint density at radius 1 is 0.667 bits per heavy atom. The number of fused-ring (bicyclic) bond motifs is 2. The molecule has 0 radical (unpaired) electrons. The third-order valence-electron chi connectivity index (χ3n) is 19.5. The number of carbonyl (C=O) groups excluding carboxylic acids is 1. The zero-order valence-corrected chi connectivity index (χ0v) is 40.1. The second-order valence-corrected chi connectivity index (χ2v) is 22.3. The third kappa shape index (κ3) is 10.1. The Kier molecular flexibility index (Phi) is 16.5. The van der Waals surface area contributed by atoms with Crippen LogP contribution in [-0.2, 0) is 6.54 Å². The van der Waals surface area contributed by atoms with Gasteiger partial charge in [0.1, 0.15) is 6.29 Å². The van der Waals surface area contributed by atoms with Gasteiger partial charge in [-0.2, -0.15) is 0 Å². The summed E-state index contributed by atoms with van der Waals surface area (Å²) in [6.45, 7) is 25.7. The van der Waals surface area contributed by atoms with Gasteiger partial charge in [-0.25, -0.2) is 0 Å². The Labute approximate surface area is 381 Å². The largest absolute Gasteiger partial charge is 0.396 e. The maximum atomic E-state index is 10.3. The van der Waals surface area contributed by atoms with E-state index < -0.39 is 0 Å². The summed E-state index contributed by atoms with van der Waals surface area (Å²) in [4.78, 5) is 10.2. The van der Waals surface area contributed by atoms with Crippen LogP contribution in [0.3, 0.4) is 0 Å². The molecule has 8 rings (SSSR count). The highest BCUT2D eigenvalue weighted by Gasteiger charge is 2.58. The SMILES string of the molecule is C=C1CC[C@H]2[C@H](CN)[C@@H]([C@@]3(C)CC[C@H](O)C[C@@H]3CO)CC[C@]12C.C=C1CC[C@H]2[C@H](CNCc3ccccc3C)[C@@H]([C@@]3(C)CC[C@H](O)C[C@@H]3CO)CC[C@]12C.Cc1ccccc1C=O. The lowest BCUT2D eigenvalue weighted by atomic mass is 9.49. The predicted molar refractivity (Wildman–Crippen MR) is 258 cm³/mol. The molecule has 2 aromatic carbocycles. The molecular weight excluding hydrogens is 781 g/mol. The number of carbonyl (C=O) groups is 1. The lowest BCUT2D eigenvalue weighted by molar-refractivity contribution is -0.0933. The van der Waals surface area contributed by atoms with Gasteiger partial charge < -0.3 is 31.5 Å². The Morgan fingerprint density at radius 3 is 1.60 bits per heavy atom.